The zero-order chi connectivity index (χ0) is 21.9. The summed E-state index contributed by atoms with van der Waals surface area (Å²) in [4.78, 5) is 27.5. The molecule has 0 fully saturated rings. The molecule has 164 valence electrons. The second kappa shape index (κ2) is 12.0. The molecule has 30 heavy (non-hydrogen) atoms. The van der Waals surface area contributed by atoms with Crippen molar-refractivity contribution in [1.29, 1.82) is 5.41 Å². The average Bonchev–Trinajstić information content (AvgIpc) is 3.16. The first kappa shape index (κ1) is 23.4. The van der Waals surface area contributed by atoms with Crippen molar-refractivity contribution in [1.82, 2.24) is 10.3 Å². The summed E-state index contributed by atoms with van der Waals surface area (Å²) >= 11 is 0. The molecule has 0 aliphatic heterocycles. The molecule has 1 heterocycles. The Morgan fingerprint density at radius 2 is 1.90 bits per heavy atom. The van der Waals surface area contributed by atoms with Crippen molar-refractivity contribution < 1.29 is 14.3 Å². The lowest BCUT2D eigenvalue weighted by Crippen LogP contribution is -2.24. The lowest BCUT2D eigenvalue weighted by Gasteiger charge is -2.15. The maximum absolute atomic E-state index is 12.4. The Morgan fingerprint density at radius 1 is 1.13 bits per heavy atom. The quantitative estimate of drug-likeness (QED) is 0.170. The number of aromatic nitrogens is 1. The van der Waals surface area contributed by atoms with E-state index in [-0.39, 0.29) is 23.6 Å². The maximum Gasteiger partial charge on any atom is 0.308 e. The zero-order valence-electron chi connectivity index (χ0n) is 18.1. The van der Waals surface area contributed by atoms with Gasteiger partial charge in [0.2, 0.25) is 0 Å². The van der Waals surface area contributed by atoms with Gasteiger partial charge in [-0.1, -0.05) is 32.6 Å². The molecule has 7 nitrogen and oxygen atoms in total. The summed E-state index contributed by atoms with van der Waals surface area (Å²) in [5.74, 6) is -0.233. The molecule has 5 N–H and O–H groups in total. The van der Waals surface area contributed by atoms with Gasteiger partial charge in [-0.25, -0.2) is 0 Å². The van der Waals surface area contributed by atoms with Crippen molar-refractivity contribution in [3.8, 4) is 0 Å². The summed E-state index contributed by atoms with van der Waals surface area (Å²) in [5.41, 5.74) is 7.48. The highest BCUT2D eigenvalue weighted by Crippen LogP contribution is 2.19. The van der Waals surface area contributed by atoms with E-state index in [1.54, 1.807) is 18.2 Å². The number of hydrogen-bond acceptors (Lipinski definition) is 4. The molecule has 0 aliphatic carbocycles. The number of H-pyrrole nitrogens is 1. The minimum Gasteiger partial charge on any atom is -0.466 e. The van der Waals surface area contributed by atoms with Crippen LogP contribution in [-0.4, -0.2) is 35.8 Å². The van der Waals surface area contributed by atoms with Gasteiger partial charge in [0.05, 0.1) is 12.5 Å². The van der Waals surface area contributed by atoms with Crippen LogP contribution >= 0.6 is 0 Å². The molecule has 2 aromatic rings. The van der Waals surface area contributed by atoms with E-state index in [0.29, 0.717) is 24.4 Å². The highest BCUT2D eigenvalue weighted by atomic mass is 16.5. The fourth-order valence-corrected chi connectivity index (χ4v) is 3.50. The first-order valence-electron chi connectivity index (χ1n) is 10.9. The molecule has 1 aromatic carbocycles. The fraction of sp³-hybridized carbons (Fsp3) is 0.522. The molecule has 0 radical (unpaired) electrons. The van der Waals surface area contributed by atoms with Gasteiger partial charge in [-0.15, -0.1) is 0 Å². The standard InChI is InChI=1S/C23H34N4O3/c1-3-5-9-16(23(29)30-4-2)10-7-6-8-13-26-22(28)20-15-18-14-17(21(24)25)11-12-19(18)27-20/h11-12,14-16,27H,3-10,13H2,1-2H3,(H3,24,25)(H,26,28). The third-order valence-corrected chi connectivity index (χ3v) is 5.22. The van der Waals surface area contributed by atoms with Crippen molar-refractivity contribution >= 4 is 28.6 Å². The average molecular weight is 415 g/mol. The summed E-state index contributed by atoms with van der Waals surface area (Å²) < 4.78 is 5.19. The van der Waals surface area contributed by atoms with Crippen molar-refractivity contribution in [3.05, 3.63) is 35.5 Å². The van der Waals surface area contributed by atoms with Crippen LogP contribution in [0.25, 0.3) is 10.9 Å². The number of carbonyl (C=O) groups excluding carboxylic acids is 2. The van der Waals surface area contributed by atoms with Gasteiger partial charge in [-0.05, 0) is 50.5 Å². The van der Waals surface area contributed by atoms with Crippen LogP contribution in [0, 0.1) is 11.3 Å². The Kier molecular flexibility index (Phi) is 9.38. The second-order valence-corrected chi connectivity index (χ2v) is 7.60. The van der Waals surface area contributed by atoms with E-state index >= 15 is 0 Å². The van der Waals surface area contributed by atoms with Crippen LogP contribution in [0.15, 0.2) is 24.3 Å². The van der Waals surface area contributed by atoms with E-state index in [2.05, 4.69) is 17.2 Å². The van der Waals surface area contributed by atoms with Crippen LogP contribution in [-0.2, 0) is 9.53 Å². The van der Waals surface area contributed by atoms with E-state index in [4.69, 9.17) is 15.9 Å². The van der Waals surface area contributed by atoms with E-state index in [1.165, 1.54) is 0 Å². The number of unbranched alkanes of at least 4 members (excludes halogenated alkanes) is 3. The molecule has 7 heteroatoms. The monoisotopic (exact) mass is 414 g/mol. The molecule has 1 unspecified atom stereocenters. The Bertz CT molecular complexity index is 859. The lowest BCUT2D eigenvalue weighted by atomic mass is 9.95. The number of nitrogens with two attached hydrogens (primary N) is 1. The first-order valence-corrected chi connectivity index (χ1v) is 10.9. The number of carbonyl (C=O) groups is 2. The summed E-state index contributed by atoms with van der Waals surface area (Å²) in [6.45, 7) is 4.98. The fourth-order valence-electron chi connectivity index (χ4n) is 3.50. The van der Waals surface area contributed by atoms with Crippen LogP contribution in [0.1, 0.15) is 74.8 Å². The molecular formula is C23H34N4O3. The smallest absolute Gasteiger partial charge is 0.308 e. The maximum atomic E-state index is 12.4. The SMILES string of the molecule is CCCCC(CCCCCNC(=O)c1cc2cc(C(=N)N)ccc2[nH]1)C(=O)OCC. The largest absolute Gasteiger partial charge is 0.466 e. The topological polar surface area (TPSA) is 121 Å². The minimum absolute atomic E-state index is 0.00370. The number of hydrogen-bond donors (Lipinski definition) is 4. The molecule has 0 saturated carbocycles. The van der Waals surface area contributed by atoms with E-state index in [9.17, 15) is 9.59 Å². The number of benzene rings is 1. The molecular weight excluding hydrogens is 380 g/mol. The van der Waals surface area contributed by atoms with Crippen LogP contribution in [0.2, 0.25) is 0 Å². The van der Waals surface area contributed by atoms with Crippen LogP contribution in [0.3, 0.4) is 0 Å². The highest BCUT2D eigenvalue weighted by Gasteiger charge is 2.18. The van der Waals surface area contributed by atoms with Crippen molar-refractivity contribution in [3.63, 3.8) is 0 Å². The van der Waals surface area contributed by atoms with Crippen molar-refractivity contribution in [2.45, 2.75) is 58.8 Å². The van der Waals surface area contributed by atoms with E-state index in [0.717, 1.165) is 55.8 Å². The van der Waals surface area contributed by atoms with Crippen LogP contribution in [0.4, 0.5) is 0 Å². The summed E-state index contributed by atoms with van der Waals surface area (Å²) in [6, 6.07) is 7.15. The molecule has 1 aromatic heterocycles. The number of esters is 1. The molecule has 0 saturated heterocycles. The van der Waals surface area contributed by atoms with Crippen molar-refractivity contribution in [2.75, 3.05) is 13.2 Å². The van der Waals surface area contributed by atoms with Gasteiger partial charge in [-0.3, -0.25) is 15.0 Å². The Labute approximate surface area is 178 Å². The molecule has 0 aliphatic rings. The lowest BCUT2D eigenvalue weighted by molar-refractivity contribution is -0.148. The van der Waals surface area contributed by atoms with Gasteiger partial charge in [0.25, 0.3) is 5.91 Å². The normalized spacial score (nSPS) is 11.9. The Morgan fingerprint density at radius 3 is 2.60 bits per heavy atom. The molecule has 0 bridgehead atoms. The Hall–Kier alpha value is -2.83. The summed E-state index contributed by atoms with van der Waals surface area (Å²) in [6.07, 6.45) is 6.61. The number of amidine groups is 1. The zero-order valence-corrected chi connectivity index (χ0v) is 18.1. The van der Waals surface area contributed by atoms with Gasteiger partial charge in [-0.2, -0.15) is 0 Å². The number of ether oxygens (including phenoxy) is 1. The van der Waals surface area contributed by atoms with Crippen molar-refractivity contribution in [2.24, 2.45) is 11.7 Å². The van der Waals surface area contributed by atoms with Crippen LogP contribution in [0.5, 0.6) is 0 Å². The van der Waals surface area contributed by atoms with E-state index in [1.807, 2.05) is 13.0 Å². The van der Waals surface area contributed by atoms with Gasteiger partial charge >= 0.3 is 5.97 Å². The van der Waals surface area contributed by atoms with Gasteiger partial charge in [0, 0.05) is 23.0 Å². The molecule has 0 spiro atoms. The summed E-state index contributed by atoms with van der Waals surface area (Å²) in [7, 11) is 0. The number of nitrogens with one attached hydrogen (secondary N) is 3. The van der Waals surface area contributed by atoms with Gasteiger partial charge in [0.1, 0.15) is 11.5 Å². The predicted octanol–water partition coefficient (Wildman–Crippen LogP) is 4.11. The summed E-state index contributed by atoms with van der Waals surface area (Å²) in [5, 5.41) is 11.3. The minimum atomic E-state index is -0.150. The highest BCUT2D eigenvalue weighted by molar-refractivity contribution is 6.02. The Balaban J connectivity index is 1.74. The second-order valence-electron chi connectivity index (χ2n) is 7.60. The number of fused-ring (bicyclic) bond motifs is 1. The number of aromatic amines is 1. The third kappa shape index (κ3) is 6.90. The van der Waals surface area contributed by atoms with E-state index < -0.39 is 0 Å². The predicted molar refractivity (Wildman–Crippen MR) is 120 cm³/mol. The van der Waals surface area contributed by atoms with Gasteiger partial charge < -0.3 is 20.8 Å². The number of amides is 1. The molecule has 1 amide bonds. The molecule has 2 rings (SSSR count). The molecule has 1 atom stereocenters. The van der Waals surface area contributed by atoms with Crippen LogP contribution < -0.4 is 11.1 Å². The number of nitrogen functional groups attached to an aromatic ring is 1. The van der Waals surface area contributed by atoms with Gasteiger partial charge in [0.15, 0.2) is 0 Å². The number of rotatable bonds is 13. The third-order valence-electron chi connectivity index (χ3n) is 5.22. The first-order chi connectivity index (χ1) is 14.5.